The van der Waals surface area contributed by atoms with Crippen LogP contribution in [0.2, 0.25) is 0 Å². The summed E-state index contributed by atoms with van der Waals surface area (Å²) in [6.45, 7) is 0. The number of rotatable bonds is 5. The van der Waals surface area contributed by atoms with Gasteiger partial charge in [-0.3, -0.25) is 9.59 Å². The van der Waals surface area contributed by atoms with Gasteiger partial charge in [-0.25, -0.2) is 18.3 Å². The molecule has 0 aliphatic rings. The zero-order valence-corrected chi connectivity index (χ0v) is 17.6. The van der Waals surface area contributed by atoms with Gasteiger partial charge in [-0.05, 0) is 47.8 Å². The zero-order valence-electron chi connectivity index (χ0n) is 16.8. The largest absolute Gasteiger partial charge is 0.319 e. The predicted molar refractivity (Wildman–Crippen MR) is 120 cm³/mol. The summed E-state index contributed by atoms with van der Waals surface area (Å²) in [5, 5.41) is 8.53. The van der Waals surface area contributed by atoms with Gasteiger partial charge in [0.15, 0.2) is 5.65 Å². The van der Waals surface area contributed by atoms with Gasteiger partial charge in [0.25, 0.3) is 5.91 Å². The number of fused-ring (bicyclic) bond motifs is 1. The Morgan fingerprint density at radius 2 is 1.79 bits per heavy atom. The van der Waals surface area contributed by atoms with E-state index in [4.69, 9.17) is 0 Å². The van der Waals surface area contributed by atoms with E-state index in [9.17, 15) is 18.4 Å². The molecular formula is C24H14F2N4O2S. The van der Waals surface area contributed by atoms with E-state index in [1.54, 1.807) is 18.2 Å². The second kappa shape index (κ2) is 8.36. The van der Waals surface area contributed by atoms with E-state index in [1.807, 2.05) is 5.38 Å². The van der Waals surface area contributed by atoms with Gasteiger partial charge in [-0.1, -0.05) is 18.2 Å². The van der Waals surface area contributed by atoms with Crippen molar-refractivity contribution in [1.82, 2.24) is 14.6 Å². The first-order valence-electron chi connectivity index (χ1n) is 9.79. The minimum absolute atomic E-state index is 0.118. The standard InChI is InChI=1S/C24H14F2N4O2S/c25-17-5-2-1-4-15(17)24(32)29-19-12-14(7-8-18(19)26)20-9-10-27-23-16(13-28-30(20)23)22(31)21-6-3-11-33-21/h1-13H,(H,29,32). The first-order valence-corrected chi connectivity index (χ1v) is 10.7. The molecule has 5 rings (SSSR count). The highest BCUT2D eigenvalue weighted by molar-refractivity contribution is 7.12. The third-order valence-corrected chi connectivity index (χ3v) is 5.89. The molecule has 0 aliphatic heterocycles. The molecule has 0 unspecified atom stereocenters. The van der Waals surface area contributed by atoms with Crippen molar-refractivity contribution in [2.45, 2.75) is 0 Å². The minimum Gasteiger partial charge on any atom is -0.319 e. The quantitative estimate of drug-likeness (QED) is 0.365. The third-order valence-electron chi connectivity index (χ3n) is 5.02. The number of benzene rings is 2. The van der Waals surface area contributed by atoms with Gasteiger partial charge in [0.2, 0.25) is 5.78 Å². The lowest BCUT2D eigenvalue weighted by molar-refractivity contribution is 0.102. The fraction of sp³-hybridized carbons (Fsp3) is 0. The number of thiophene rings is 1. The minimum atomic E-state index is -0.771. The molecule has 0 fully saturated rings. The molecule has 0 spiro atoms. The highest BCUT2D eigenvalue weighted by atomic mass is 32.1. The van der Waals surface area contributed by atoms with Crippen molar-refractivity contribution < 1.29 is 18.4 Å². The van der Waals surface area contributed by atoms with E-state index in [0.717, 1.165) is 6.07 Å². The van der Waals surface area contributed by atoms with Crippen LogP contribution < -0.4 is 5.32 Å². The number of halogens is 2. The summed E-state index contributed by atoms with van der Waals surface area (Å²) in [6.07, 6.45) is 2.97. The Morgan fingerprint density at radius 3 is 2.58 bits per heavy atom. The van der Waals surface area contributed by atoms with Crippen LogP contribution in [-0.4, -0.2) is 26.3 Å². The van der Waals surface area contributed by atoms with Gasteiger partial charge in [0.1, 0.15) is 11.6 Å². The zero-order chi connectivity index (χ0) is 22.9. The van der Waals surface area contributed by atoms with E-state index < -0.39 is 17.5 Å². The molecule has 1 N–H and O–H groups in total. The summed E-state index contributed by atoms with van der Waals surface area (Å²) < 4.78 is 29.9. The average Bonchev–Trinajstić information content (AvgIpc) is 3.51. The molecule has 0 aliphatic carbocycles. The molecule has 0 bridgehead atoms. The van der Waals surface area contributed by atoms with E-state index in [-0.39, 0.29) is 17.0 Å². The lowest BCUT2D eigenvalue weighted by Gasteiger charge is -2.10. The van der Waals surface area contributed by atoms with Gasteiger partial charge in [0, 0.05) is 11.8 Å². The number of anilines is 1. The highest BCUT2D eigenvalue weighted by Crippen LogP contribution is 2.27. The first kappa shape index (κ1) is 20.7. The van der Waals surface area contributed by atoms with Crippen LogP contribution in [0, 0.1) is 11.6 Å². The van der Waals surface area contributed by atoms with Crippen LogP contribution in [0.1, 0.15) is 25.6 Å². The van der Waals surface area contributed by atoms with E-state index in [1.165, 1.54) is 64.6 Å². The molecule has 0 saturated heterocycles. The van der Waals surface area contributed by atoms with Gasteiger partial charge >= 0.3 is 0 Å². The molecule has 1 amide bonds. The molecule has 9 heteroatoms. The second-order valence-electron chi connectivity index (χ2n) is 7.06. The Balaban J connectivity index is 1.52. The summed E-state index contributed by atoms with van der Waals surface area (Å²) in [4.78, 5) is 30.1. The lowest BCUT2D eigenvalue weighted by Crippen LogP contribution is -2.14. The molecule has 2 aromatic carbocycles. The lowest BCUT2D eigenvalue weighted by atomic mass is 10.1. The van der Waals surface area contributed by atoms with Crippen LogP contribution in [0.3, 0.4) is 0 Å². The molecule has 33 heavy (non-hydrogen) atoms. The van der Waals surface area contributed by atoms with Crippen molar-refractivity contribution in [3.63, 3.8) is 0 Å². The highest BCUT2D eigenvalue weighted by Gasteiger charge is 2.19. The van der Waals surface area contributed by atoms with Crippen LogP contribution in [0.25, 0.3) is 16.9 Å². The Bertz CT molecular complexity index is 1510. The number of carbonyl (C=O) groups is 2. The predicted octanol–water partition coefficient (Wildman–Crippen LogP) is 5.22. The summed E-state index contributed by atoms with van der Waals surface area (Å²) in [5.74, 6) is -2.35. The Labute approximate surface area is 190 Å². The van der Waals surface area contributed by atoms with Crippen LogP contribution in [-0.2, 0) is 0 Å². The number of amides is 1. The van der Waals surface area contributed by atoms with E-state index >= 15 is 0 Å². The maximum atomic E-state index is 14.5. The number of carbonyl (C=O) groups excluding carboxylic acids is 2. The number of hydrogen-bond acceptors (Lipinski definition) is 5. The molecule has 162 valence electrons. The van der Waals surface area contributed by atoms with Gasteiger partial charge < -0.3 is 5.32 Å². The smallest absolute Gasteiger partial charge is 0.258 e. The molecule has 0 radical (unpaired) electrons. The summed E-state index contributed by atoms with van der Waals surface area (Å²) in [7, 11) is 0. The molecule has 3 aromatic heterocycles. The van der Waals surface area contributed by atoms with Crippen LogP contribution in [0.5, 0.6) is 0 Å². The van der Waals surface area contributed by atoms with E-state index in [2.05, 4.69) is 15.4 Å². The molecule has 3 heterocycles. The number of nitrogens with one attached hydrogen (secondary N) is 1. The van der Waals surface area contributed by atoms with Crippen molar-refractivity contribution >= 4 is 34.4 Å². The Kier molecular flexibility index (Phi) is 5.23. The second-order valence-corrected chi connectivity index (χ2v) is 8.01. The first-order chi connectivity index (χ1) is 16.0. The number of ketones is 1. The number of hydrogen-bond donors (Lipinski definition) is 1. The fourth-order valence-electron chi connectivity index (χ4n) is 3.43. The van der Waals surface area contributed by atoms with Crippen molar-refractivity contribution in [2.24, 2.45) is 0 Å². The van der Waals surface area contributed by atoms with Gasteiger partial charge in [-0.2, -0.15) is 5.10 Å². The van der Waals surface area contributed by atoms with Crippen LogP contribution >= 0.6 is 11.3 Å². The van der Waals surface area contributed by atoms with Crippen molar-refractivity contribution in [3.8, 4) is 11.3 Å². The van der Waals surface area contributed by atoms with E-state index in [0.29, 0.717) is 27.3 Å². The molecule has 0 saturated carbocycles. The SMILES string of the molecule is O=C(Nc1cc(-c2ccnc3c(C(=O)c4cccs4)cnn23)ccc1F)c1ccccc1F. The van der Waals surface area contributed by atoms with Crippen molar-refractivity contribution in [1.29, 1.82) is 0 Å². The number of nitrogens with zero attached hydrogens (tertiary/aromatic N) is 3. The number of aromatic nitrogens is 3. The molecule has 6 nitrogen and oxygen atoms in total. The normalized spacial score (nSPS) is 11.0. The van der Waals surface area contributed by atoms with Gasteiger partial charge in [-0.15, -0.1) is 11.3 Å². The fourth-order valence-corrected chi connectivity index (χ4v) is 4.10. The molecule has 0 atom stereocenters. The summed E-state index contributed by atoms with van der Waals surface area (Å²) >= 11 is 1.32. The third kappa shape index (κ3) is 3.79. The average molecular weight is 460 g/mol. The monoisotopic (exact) mass is 460 g/mol. The maximum Gasteiger partial charge on any atom is 0.258 e. The van der Waals surface area contributed by atoms with Crippen LogP contribution in [0.4, 0.5) is 14.5 Å². The summed E-state index contributed by atoms with van der Waals surface area (Å²) in [6, 6.07) is 14.8. The Morgan fingerprint density at radius 1 is 0.939 bits per heavy atom. The van der Waals surface area contributed by atoms with Gasteiger partial charge in [0.05, 0.1) is 33.6 Å². The molecule has 5 aromatic rings. The topological polar surface area (TPSA) is 76.4 Å². The van der Waals surface area contributed by atoms with Crippen LogP contribution in [0.15, 0.2) is 78.4 Å². The Hall–Kier alpha value is -4.24. The van der Waals surface area contributed by atoms with Crippen molar-refractivity contribution in [3.05, 3.63) is 106 Å². The summed E-state index contributed by atoms with van der Waals surface area (Å²) in [5.41, 5.74) is 1.43. The van der Waals surface area contributed by atoms with Crippen molar-refractivity contribution in [2.75, 3.05) is 5.32 Å². The molecular weight excluding hydrogens is 446 g/mol. The maximum absolute atomic E-state index is 14.5.